The summed E-state index contributed by atoms with van der Waals surface area (Å²) in [5.74, 6) is 1.51. The molecule has 0 aliphatic carbocycles. The summed E-state index contributed by atoms with van der Waals surface area (Å²) >= 11 is 1.48. The molecule has 0 radical (unpaired) electrons. The summed E-state index contributed by atoms with van der Waals surface area (Å²) in [5, 5.41) is 16.3. The van der Waals surface area contributed by atoms with Crippen LogP contribution in [0.2, 0.25) is 0 Å². The monoisotopic (exact) mass is 244 g/mol. The van der Waals surface area contributed by atoms with Crippen LogP contribution in [0.4, 0.5) is 0 Å². The molecule has 1 N–H and O–H groups in total. The lowest BCUT2D eigenvalue weighted by Crippen LogP contribution is -2.11. The van der Waals surface area contributed by atoms with Gasteiger partial charge >= 0.3 is 5.97 Å². The first kappa shape index (κ1) is 13.0. The van der Waals surface area contributed by atoms with Crippen molar-refractivity contribution in [2.45, 2.75) is 38.4 Å². The number of nitrogens with zero attached hydrogens (tertiary/aromatic N) is 2. The van der Waals surface area contributed by atoms with Gasteiger partial charge in [0.15, 0.2) is 0 Å². The Morgan fingerprint density at radius 2 is 2.12 bits per heavy atom. The van der Waals surface area contributed by atoms with E-state index in [1.165, 1.54) is 11.8 Å². The summed E-state index contributed by atoms with van der Waals surface area (Å²) in [4.78, 5) is 10.3. The van der Waals surface area contributed by atoms with Crippen molar-refractivity contribution in [1.29, 1.82) is 0 Å². The van der Waals surface area contributed by atoms with Crippen molar-refractivity contribution < 1.29 is 14.3 Å². The number of carboxylic acid groups (broad SMARTS) is 1. The Hall–Kier alpha value is -1.04. The van der Waals surface area contributed by atoms with Gasteiger partial charge in [-0.25, -0.2) is 0 Å². The molecule has 0 saturated heterocycles. The minimum absolute atomic E-state index is 0.142. The molecule has 0 atom stereocenters. The van der Waals surface area contributed by atoms with Crippen LogP contribution >= 0.6 is 11.8 Å². The number of carboxylic acids is 1. The van der Waals surface area contributed by atoms with Crippen LogP contribution in [0.1, 0.15) is 39.0 Å². The molecule has 1 aromatic rings. The number of hydrogen-bond donors (Lipinski definition) is 1. The molecule has 0 fully saturated rings. The van der Waals surface area contributed by atoms with E-state index in [4.69, 9.17) is 9.52 Å². The summed E-state index contributed by atoms with van der Waals surface area (Å²) < 4.78 is 5.46. The second kappa shape index (κ2) is 5.34. The van der Waals surface area contributed by atoms with Gasteiger partial charge in [0.2, 0.25) is 11.8 Å². The standard InChI is InChI=1S/C10H16N2O3S/c1-10(2,3)9-12-11-7(15-9)6-16-5-4-8(13)14/h4-6H2,1-3H3,(H,13,14). The average molecular weight is 244 g/mol. The van der Waals surface area contributed by atoms with E-state index in [0.29, 0.717) is 23.3 Å². The molecule has 16 heavy (non-hydrogen) atoms. The molecule has 0 aliphatic rings. The summed E-state index contributed by atoms with van der Waals surface area (Å²) in [6.45, 7) is 6.01. The lowest BCUT2D eigenvalue weighted by atomic mass is 9.97. The Labute approximate surface area is 98.6 Å². The van der Waals surface area contributed by atoms with Crippen molar-refractivity contribution >= 4 is 17.7 Å². The van der Waals surface area contributed by atoms with E-state index in [-0.39, 0.29) is 11.8 Å². The molecular formula is C10H16N2O3S. The predicted molar refractivity (Wildman–Crippen MR) is 61.4 cm³/mol. The smallest absolute Gasteiger partial charge is 0.304 e. The van der Waals surface area contributed by atoms with E-state index in [1.54, 1.807) is 0 Å². The summed E-state index contributed by atoms with van der Waals surface area (Å²) in [6.07, 6.45) is 0.158. The molecule has 6 heteroatoms. The van der Waals surface area contributed by atoms with Gasteiger partial charge in [-0.1, -0.05) is 20.8 Å². The number of carbonyl (C=O) groups is 1. The van der Waals surface area contributed by atoms with E-state index in [0.717, 1.165) is 0 Å². The van der Waals surface area contributed by atoms with Crippen LogP contribution in [-0.2, 0) is 16.0 Å². The van der Waals surface area contributed by atoms with Crippen LogP contribution in [0, 0.1) is 0 Å². The van der Waals surface area contributed by atoms with Crippen LogP contribution < -0.4 is 0 Å². The molecule has 1 heterocycles. The largest absolute Gasteiger partial charge is 0.481 e. The van der Waals surface area contributed by atoms with Gasteiger partial charge in [0.05, 0.1) is 12.2 Å². The first-order chi connectivity index (χ1) is 7.39. The van der Waals surface area contributed by atoms with Crippen molar-refractivity contribution in [2.24, 2.45) is 0 Å². The molecule has 0 aromatic carbocycles. The normalized spacial score (nSPS) is 11.7. The van der Waals surface area contributed by atoms with Gasteiger partial charge in [0.25, 0.3) is 0 Å². The lowest BCUT2D eigenvalue weighted by Gasteiger charge is -2.10. The highest BCUT2D eigenvalue weighted by Gasteiger charge is 2.21. The van der Waals surface area contributed by atoms with Crippen molar-refractivity contribution in [3.63, 3.8) is 0 Å². The molecule has 0 aliphatic heterocycles. The fourth-order valence-corrected chi connectivity index (χ4v) is 1.69. The SMILES string of the molecule is CC(C)(C)c1nnc(CSCCC(=O)O)o1. The van der Waals surface area contributed by atoms with E-state index >= 15 is 0 Å². The Balaban J connectivity index is 2.38. The van der Waals surface area contributed by atoms with Crippen molar-refractivity contribution in [1.82, 2.24) is 10.2 Å². The third-order valence-electron chi connectivity index (χ3n) is 1.79. The van der Waals surface area contributed by atoms with Gasteiger partial charge in [-0.2, -0.15) is 11.8 Å². The zero-order chi connectivity index (χ0) is 12.2. The fraction of sp³-hybridized carbons (Fsp3) is 0.700. The Morgan fingerprint density at radius 1 is 1.44 bits per heavy atom. The maximum Gasteiger partial charge on any atom is 0.304 e. The van der Waals surface area contributed by atoms with Crippen LogP contribution in [0.15, 0.2) is 4.42 Å². The molecule has 90 valence electrons. The Bertz CT molecular complexity index is 357. The molecule has 0 amide bonds. The quantitative estimate of drug-likeness (QED) is 0.799. The number of aromatic nitrogens is 2. The van der Waals surface area contributed by atoms with E-state index in [9.17, 15) is 4.79 Å². The summed E-state index contributed by atoms with van der Waals surface area (Å²) in [7, 11) is 0. The first-order valence-corrected chi connectivity index (χ1v) is 6.17. The maximum atomic E-state index is 10.3. The number of hydrogen-bond acceptors (Lipinski definition) is 5. The van der Waals surface area contributed by atoms with Gasteiger partial charge in [0, 0.05) is 11.2 Å². The van der Waals surface area contributed by atoms with E-state index in [1.807, 2.05) is 20.8 Å². The number of aliphatic carboxylic acids is 1. The van der Waals surface area contributed by atoms with Gasteiger partial charge < -0.3 is 9.52 Å². The molecule has 1 aromatic heterocycles. The summed E-state index contributed by atoms with van der Waals surface area (Å²) in [5.41, 5.74) is -0.142. The third kappa shape index (κ3) is 4.22. The van der Waals surface area contributed by atoms with Gasteiger partial charge in [-0.05, 0) is 0 Å². The van der Waals surface area contributed by atoms with E-state index in [2.05, 4.69) is 10.2 Å². The molecule has 5 nitrogen and oxygen atoms in total. The van der Waals surface area contributed by atoms with Crippen molar-refractivity contribution in [2.75, 3.05) is 5.75 Å². The van der Waals surface area contributed by atoms with Crippen LogP contribution in [0.3, 0.4) is 0 Å². The minimum atomic E-state index is -0.784. The Kier molecular flexibility index (Phi) is 4.35. The van der Waals surface area contributed by atoms with Gasteiger partial charge in [0.1, 0.15) is 0 Å². The lowest BCUT2D eigenvalue weighted by molar-refractivity contribution is -0.136. The second-order valence-electron chi connectivity index (χ2n) is 4.45. The maximum absolute atomic E-state index is 10.3. The molecule has 0 saturated carbocycles. The third-order valence-corrected chi connectivity index (χ3v) is 2.74. The van der Waals surface area contributed by atoms with Crippen LogP contribution in [-0.4, -0.2) is 27.0 Å². The van der Waals surface area contributed by atoms with Crippen molar-refractivity contribution in [3.8, 4) is 0 Å². The predicted octanol–water partition coefficient (Wildman–Crippen LogP) is 2.07. The highest BCUT2D eigenvalue weighted by molar-refractivity contribution is 7.98. The zero-order valence-corrected chi connectivity index (χ0v) is 10.5. The zero-order valence-electron chi connectivity index (χ0n) is 9.69. The fourth-order valence-electron chi connectivity index (χ4n) is 0.934. The molecule has 0 bridgehead atoms. The van der Waals surface area contributed by atoms with Crippen molar-refractivity contribution in [3.05, 3.63) is 11.8 Å². The second-order valence-corrected chi connectivity index (χ2v) is 5.55. The highest BCUT2D eigenvalue weighted by Crippen LogP contribution is 2.21. The first-order valence-electron chi connectivity index (χ1n) is 5.02. The minimum Gasteiger partial charge on any atom is -0.481 e. The average Bonchev–Trinajstić information content (AvgIpc) is 2.59. The number of thioether (sulfide) groups is 1. The van der Waals surface area contributed by atoms with E-state index < -0.39 is 5.97 Å². The molecule has 0 unspecified atom stereocenters. The van der Waals surface area contributed by atoms with Crippen LogP contribution in [0.5, 0.6) is 0 Å². The molecule has 0 spiro atoms. The van der Waals surface area contributed by atoms with Gasteiger partial charge in [-0.15, -0.1) is 10.2 Å². The topological polar surface area (TPSA) is 76.2 Å². The molecular weight excluding hydrogens is 228 g/mol. The molecule has 1 rings (SSSR count). The Morgan fingerprint density at radius 3 is 2.62 bits per heavy atom. The van der Waals surface area contributed by atoms with Gasteiger partial charge in [-0.3, -0.25) is 4.79 Å². The summed E-state index contributed by atoms with van der Waals surface area (Å²) in [6, 6.07) is 0. The highest BCUT2D eigenvalue weighted by atomic mass is 32.2. The van der Waals surface area contributed by atoms with Crippen LogP contribution in [0.25, 0.3) is 0 Å². The number of rotatable bonds is 5.